The van der Waals surface area contributed by atoms with E-state index in [4.69, 9.17) is 18.9 Å². The average Bonchev–Trinajstić information content (AvgIpc) is 3.37. The van der Waals surface area contributed by atoms with Crippen molar-refractivity contribution in [3.63, 3.8) is 0 Å². The third-order valence-corrected chi connectivity index (χ3v) is 6.00. The minimum atomic E-state index is -0.592. The Morgan fingerprint density at radius 3 is 2.48 bits per heavy atom. The molecule has 0 amide bonds. The maximum Gasteiger partial charge on any atom is 0.192 e. The van der Waals surface area contributed by atoms with Crippen LogP contribution in [-0.4, -0.2) is 51.5 Å². The summed E-state index contributed by atoms with van der Waals surface area (Å²) in [5.41, 5.74) is 1.44. The van der Waals surface area contributed by atoms with E-state index < -0.39 is 5.82 Å². The molecule has 0 spiro atoms. The van der Waals surface area contributed by atoms with E-state index in [2.05, 4.69) is 15.1 Å². The molecule has 0 radical (unpaired) electrons. The first-order chi connectivity index (χ1) is 19.4. The number of ketones is 1. The van der Waals surface area contributed by atoms with Gasteiger partial charge in [0.15, 0.2) is 28.7 Å². The molecule has 0 bridgehead atoms. The molecule has 0 aliphatic carbocycles. The van der Waals surface area contributed by atoms with Crippen molar-refractivity contribution in [3.05, 3.63) is 84.3 Å². The fourth-order valence-electron chi connectivity index (χ4n) is 4.11. The molecule has 3 aromatic heterocycles. The van der Waals surface area contributed by atoms with E-state index in [0.29, 0.717) is 40.8 Å². The van der Waals surface area contributed by atoms with E-state index in [1.165, 1.54) is 29.2 Å². The van der Waals surface area contributed by atoms with E-state index in [-0.39, 0.29) is 35.1 Å². The molecule has 0 saturated heterocycles. The lowest BCUT2D eigenvalue weighted by molar-refractivity contribution is 0.0983. The molecule has 5 rings (SSSR count). The third kappa shape index (κ3) is 5.35. The van der Waals surface area contributed by atoms with Gasteiger partial charge in [-0.1, -0.05) is 0 Å². The SMILES string of the molecule is CCOc1cn(-c2ccc(F)cc2O)nc1C(=O)Cc1ccc(Oc2ccnc3cc(OC)c(OC)cc23)cn1. The number of ether oxygens (including phenoxy) is 4. The normalized spacial score (nSPS) is 10.9. The molecule has 0 fully saturated rings. The summed E-state index contributed by atoms with van der Waals surface area (Å²) in [5, 5.41) is 15.1. The number of carbonyl (C=O) groups is 1. The van der Waals surface area contributed by atoms with Gasteiger partial charge in [0.2, 0.25) is 0 Å². The summed E-state index contributed by atoms with van der Waals surface area (Å²) in [5.74, 6) is 1.10. The van der Waals surface area contributed by atoms with E-state index in [1.807, 2.05) is 0 Å². The molecular formula is C29H25FN4O6. The second-order valence-electron chi connectivity index (χ2n) is 8.57. The largest absolute Gasteiger partial charge is 0.506 e. The van der Waals surface area contributed by atoms with Crippen LogP contribution in [0, 0.1) is 5.82 Å². The summed E-state index contributed by atoms with van der Waals surface area (Å²) in [4.78, 5) is 21.9. The van der Waals surface area contributed by atoms with Crippen molar-refractivity contribution in [1.82, 2.24) is 19.7 Å². The smallest absolute Gasteiger partial charge is 0.192 e. The van der Waals surface area contributed by atoms with Crippen molar-refractivity contribution < 1.29 is 33.2 Å². The van der Waals surface area contributed by atoms with Crippen LogP contribution in [0.2, 0.25) is 0 Å². The lowest BCUT2D eigenvalue weighted by Crippen LogP contribution is -2.09. The number of Topliss-reactive ketones (excluding diaryl/α,β-unsaturated/α-hetero) is 1. The molecule has 0 aliphatic rings. The van der Waals surface area contributed by atoms with Crippen LogP contribution < -0.4 is 18.9 Å². The van der Waals surface area contributed by atoms with Gasteiger partial charge < -0.3 is 24.1 Å². The first-order valence-corrected chi connectivity index (χ1v) is 12.3. The number of fused-ring (bicyclic) bond motifs is 1. The number of rotatable bonds is 10. The summed E-state index contributed by atoms with van der Waals surface area (Å²) in [6.07, 6.45) is 4.57. The van der Waals surface area contributed by atoms with Gasteiger partial charge in [0.05, 0.1) is 45.2 Å². The number of hydrogen-bond acceptors (Lipinski definition) is 9. The summed E-state index contributed by atoms with van der Waals surface area (Å²) < 4.78 is 37.1. The lowest BCUT2D eigenvalue weighted by Gasteiger charge is -2.12. The highest BCUT2D eigenvalue weighted by Crippen LogP contribution is 2.36. The number of carbonyl (C=O) groups excluding carboxylic acids is 1. The van der Waals surface area contributed by atoms with Crippen molar-refractivity contribution in [2.24, 2.45) is 0 Å². The molecule has 40 heavy (non-hydrogen) atoms. The maximum atomic E-state index is 13.4. The molecule has 0 atom stereocenters. The van der Waals surface area contributed by atoms with Crippen LogP contribution in [-0.2, 0) is 6.42 Å². The Morgan fingerprint density at radius 1 is 0.975 bits per heavy atom. The van der Waals surface area contributed by atoms with Gasteiger partial charge in [-0.15, -0.1) is 0 Å². The highest BCUT2D eigenvalue weighted by Gasteiger charge is 2.21. The number of pyridine rings is 2. The number of methoxy groups -OCH3 is 2. The minimum Gasteiger partial charge on any atom is -0.506 e. The van der Waals surface area contributed by atoms with Gasteiger partial charge in [0.25, 0.3) is 0 Å². The van der Waals surface area contributed by atoms with E-state index in [0.717, 1.165) is 11.5 Å². The fourth-order valence-corrected chi connectivity index (χ4v) is 4.11. The Labute approximate surface area is 228 Å². The molecular weight excluding hydrogens is 519 g/mol. The number of nitrogens with zero attached hydrogens (tertiary/aromatic N) is 4. The van der Waals surface area contributed by atoms with Crippen molar-refractivity contribution >= 4 is 16.7 Å². The first kappa shape index (κ1) is 26.4. The number of aromatic nitrogens is 4. The van der Waals surface area contributed by atoms with Crippen LogP contribution in [0.4, 0.5) is 4.39 Å². The van der Waals surface area contributed by atoms with Crippen LogP contribution in [0.3, 0.4) is 0 Å². The predicted octanol–water partition coefficient (Wildman–Crippen LogP) is 5.29. The molecule has 3 heterocycles. The predicted molar refractivity (Wildman–Crippen MR) is 144 cm³/mol. The highest BCUT2D eigenvalue weighted by molar-refractivity contribution is 5.98. The van der Waals surface area contributed by atoms with Crippen LogP contribution in [0.25, 0.3) is 16.6 Å². The molecule has 1 N–H and O–H groups in total. The number of halogens is 1. The molecule has 0 saturated carbocycles. The number of hydrogen-bond donors (Lipinski definition) is 1. The van der Waals surface area contributed by atoms with Gasteiger partial charge in [-0.25, -0.2) is 9.07 Å². The zero-order chi connectivity index (χ0) is 28.2. The summed E-state index contributed by atoms with van der Waals surface area (Å²) >= 11 is 0. The Hall–Kier alpha value is -5.19. The van der Waals surface area contributed by atoms with Crippen molar-refractivity contribution in [3.8, 4) is 40.2 Å². The van der Waals surface area contributed by atoms with E-state index >= 15 is 0 Å². The summed E-state index contributed by atoms with van der Waals surface area (Å²) in [7, 11) is 3.11. The third-order valence-electron chi connectivity index (χ3n) is 6.00. The Balaban J connectivity index is 1.35. The second kappa shape index (κ2) is 11.3. The second-order valence-corrected chi connectivity index (χ2v) is 8.57. The summed E-state index contributed by atoms with van der Waals surface area (Å²) in [6.45, 7) is 2.08. The number of benzene rings is 2. The van der Waals surface area contributed by atoms with Crippen molar-refractivity contribution in [2.75, 3.05) is 20.8 Å². The topological polar surface area (TPSA) is 118 Å². The number of phenols is 1. The van der Waals surface area contributed by atoms with E-state index in [1.54, 1.807) is 57.7 Å². The van der Waals surface area contributed by atoms with Gasteiger partial charge in [-0.2, -0.15) is 5.10 Å². The van der Waals surface area contributed by atoms with Gasteiger partial charge in [0, 0.05) is 29.4 Å². The zero-order valence-electron chi connectivity index (χ0n) is 21.9. The van der Waals surface area contributed by atoms with Gasteiger partial charge in [-0.3, -0.25) is 14.8 Å². The standard InChI is InChI=1S/C29H25FN4O6/c1-4-39-28-16-34(22-8-5-17(30)11-23(22)35)33-29(28)24(36)12-18-6-7-19(15-32-18)40-25-9-10-31-21-14-27(38-3)26(37-2)13-20(21)25/h5-11,13-16,35H,4,12H2,1-3H3. The van der Waals surface area contributed by atoms with Crippen LogP contribution in [0.15, 0.2) is 67.1 Å². The minimum absolute atomic E-state index is 0.0536. The van der Waals surface area contributed by atoms with Gasteiger partial charge >= 0.3 is 0 Å². The van der Waals surface area contributed by atoms with E-state index in [9.17, 15) is 14.3 Å². The summed E-state index contributed by atoms with van der Waals surface area (Å²) in [6, 6.07) is 12.2. The zero-order valence-corrected chi connectivity index (χ0v) is 21.9. The Kier molecular flexibility index (Phi) is 7.45. The molecule has 0 unspecified atom stereocenters. The van der Waals surface area contributed by atoms with Crippen LogP contribution in [0.5, 0.6) is 34.5 Å². The average molecular weight is 545 g/mol. The van der Waals surface area contributed by atoms with Crippen molar-refractivity contribution in [1.29, 1.82) is 0 Å². The number of phenolic OH excluding ortho intramolecular Hbond substituents is 1. The fraction of sp³-hybridized carbons (Fsp3) is 0.172. The number of aromatic hydroxyl groups is 1. The van der Waals surface area contributed by atoms with Gasteiger partial charge in [0.1, 0.15) is 28.8 Å². The van der Waals surface area contributed by atoms with Crippen LogP contribution in [0.1, 0.15) is 23.1 Å². The maximum absolute atomic E-state index is 13.4. The molecule has 5 aromatic rings. The van der Waals surface area contributed by atoms with Crippen molar-refractivity contribution in [2.45, 2.75) is 13.3 Å². The molecule has 2 aromatic carbocycles. The molecule has 10 nitrogen and oxygen atoms in total. The first-order valence-electron chi connectivity index (χ1n) is 12.3. The van der Waals surface area contributed by atoms with Crippen LogP contribution >= 0.6 is 0 Å². The quantitative estimate of drug-likeness (QED) is 0.234. The molecule has 11 heteroatoms. The lowest BCUT2D eigenvalue weighted by atomic mass is 10.1. The monoisotopic (exact) mass is 544 g/mol. The molecule has 0 aliphatic heterocycles. The van der Waals surface area contributed by atoms with Gasteiger partial charge in [-0.05, 0) is 43.3 Å². The highest BCUT2D eigenvalue weighted by atomic mass is 19.1. The Bertz CT molecular complexity index is 1690. The Morgan fingerprint density at radius 2 is 1.77 bits per heavy atom. The molecule has 204 valence electrons.